The van der Waals surface area contributed by atoms with Gasteiger partial charge in [-0.3, -0.25) is 4.79 Å². The smallest absolute Gasteiger partial charge is 0.260 e. The van der Waals surface area contributed by atoms with Crippen LogP contribution in [0.25, 0.3) is 0 Å². The van der Waals surface area contributed by atoms with E-state index in [0.717, 1.165) is 31.6 Å². The molecule has 0 N–H and O–H groups in total. The summed E-state index contributed by atoms with van der Waals surface area (Å²) in [5.74, 6) is 0.935. The van der Waals surface area contributed by atoms with E-state index < -0.39 is 0 Å². The van der Waals surface area contributed by atoms with Gasteiger partial charge in [0.2, 0.25) is 0 Å². The lowest BCUT2D eigenvalue weighted by molar-refractivity contribution is -0.134. The molecular weight excluding hydrogens is 286 g/mol. The van der Waals surface area contributed by atoms with Gasteiger partial charge < -0.3 is 9.64 Å². The number of amides is 1. The monoisotopic (exact) mass is 315 g/mol. The first kappa shape index (κ1) is 16.4. The van der Waals surface area contributed by atoms with Crippen molar-refractivity contribution in [2.75, 3.05) is 13.2 Å². The second-order valence-corrected chi connectivity index (χ2v) is 8.52. The molecule has 1 aromatic carbocycles. The fourth-order valence-electron chi connectivity index (χ4n) is 4.83. The third-order valence-corrected chi connectivity index (χ3v) is 5.40. The number of benzene rings is 1. The number of rotatable bonds is 4. The highest BCUT2D eigenvalue weighted by Gasteiger charge is 2.50. The van der Waals surface area contributed by atoms with E-state index in [0.29, 0.717) is 11.5 Å². The summed E-state index contributed by atoms with van der Waals surface area (Å²) >= 11 is 0. The van der Waals surface area contributed by atoms with E-state index in [1.165, 1.54) is 12.0 Å². The van der Waals surface area contributed by atoms with Gasteiger partial charge in [-0.15, -0.1) is 0 Å². The van der Waals surface area contributed by atoms with E-state index in [2.05, 4.69) is 38.7 Å². The maximum atomic E-state index is 12.7. The highest BCUT2D eigenvalue weighted by Crippen LogP contribution is 2.52. The lowest BCUT2D eigenvalue weighted by Gasteiger charge is -2.39. The van der Waals surface area contributed by atoms with Crippen molar-refractivity contribution in [2.45, 2.75) is 59.4 Å². The molecule has 1 amide bonds. The van der Waals surface area contributed by atoms with Crippen molar-refractivity contribution in [3.63, 3.8) is 0 Å². The molecule has 2 unspecified atom stereocenters. The average molecular weight is 315 g/mol. The zero-order valence-electron chi connectivity index (χ0n) is 14.9. The molecule has 1 aliphatic carbocycles. The second kappa shape index (κ2) is 5.85. The van der Waals surface area contributed by atoms with E-state index in [-0.39, 0.29) is 17.9 Å². The summed E-state index contributed by atoms with van der Waals surface area (Å²) in [6, 6.07) is 8.42. The third-order valence-electron chi connectivity index (χ3n) is 5.40. The number of carbonyl (C=O) groups excluding carboxylic acids is 1. The molecule has 1 aliphatic heterocycles. The van der Waals surface area contributed by atoms with Crippen molar-refractivity contribution in [3.05, 3.63) is 29.8 Å². The quantitative estimate of drug-likeness (QED) is 0.838. The van der Waals surface area contributed by atoms with Crippen LogP contribution in [0, 0.1) is 10.8 Å². The minimum Gasteiger partial charge on any atom is -0.484 e. The summed E-state index contributed by atoms with van der Waals surface area (Å²) in [6.07, 6.45) is 4.44. The summed E-state index contributed by atoms with van der Waals surface area (Å²) in [7, 11) is 0. The van der Waals surface area contributed by atoms with Crippen molar-refractivity contribution in [3.8, 4) is 5.75 Å². The number of hydrogen-bond acceptors (Lipinski definition) is 2. The van der Waals surface area contributed by atoms with Gasteiger partial charge in [-0.2, -0.15) is 0 Å². The summed E-state index contributed by atoms with van der Waals surface area (Å²) in [5, 5.41) is 0. The predicted octanol–water partition coefficient (Wildman–Crippen LogP) is 4.06. The molecule has 3 nitrogen and oxygen atoms in total. The molecule has 3 rings (SSSR count). The number of aryl methyl sites for hydroxylation is 1. The summed E-state index contributed by atoms with van der Waals surface area (Å²) in [5.41, 5.74) is 1.86. The molecule has 1 saturated heterocycles. The van der Waals surface area contributed by atoms with E-state index in [9.17, 15) is 4.79 Å². The van der Waals surface area contributed by atoms with Crippen LogP contribution in [0.3, 0.4) is 0 Å². The molecular formula is C20H29NO2. The van der Waals surface area contributed by atoms with E-state index in [4.69, 9.17) is 4.74 Å². The Hall–Kier alpha value is -1.51. The van der Waals surface area contributed by atoms with E-state index in [1.54, 1.807) is 0 Å². The van der Waals surface area contributed by atoms with Crippen molar-refractivity contribution in [2.24, 2.45) is 10.8 Å². The van der Waals surface area contributed by atoms with Crippen molar-refractivity contribution >= 4 is 5.91 Å². The zero-order valence-corrected chi connectivity index (χ0v) is 14.9. The SMILES string of the molecule is CCc1cccc(OCC(=O)N2CC3(C)CC2CC(C)(C)C3)c1. The van der Waals surface area contributed by atoms with Gasteiger partial charge in [0.25, 0.3) is 5.91 Å². The summed E-state index contributed by atoms with van der Waals surface area (Å²) in [6.45, 7) is 10.2. The lowest BCUT2D eigenvalue weighted by Crippen LogP contribution is -2.40. The maximum Gasteiger partial charge on any atom is 0.260 e. The van der Waals surface area contributed by atoms with Gasteiger partial charge in [-0.25, -0.2) is 0 Å². The van der Waals surface area contributed by atoms with Gasteiger partial charge in [0.05, 0.1) is 0 Å². The van der Waals surface area contributed by atoms with Crippen LogP contribution in [-0.4, -0.2) is 30.0 Å². The van der Waals surface area contributed by atoms with Gasteiger partial charge in [-0.05, 0) is 54.2 Å². The van der Waals surface area contributed by atoms with Crippen LogP contribution < -0.4 is 4.74 Å². The number of carbonyl (C=O) groups is 1. The van der Waals surface area contributed by atoms with Crippen molar-refractivity contribution in [1.82, 2.24) is 4.90 Å². The Labute approximate surface area is 140 Å². The standard InChI is InChI=1S/C20H29NO2/c1-5-15-7-6-8-17(9-15)23-12-18(22)21-14-20(4)11-16(21)10-19(2,3)13-20/h6-9,16H,5,10-14H2,1-4H3. The molecule has 1 heterocycles. The lowest BCUT2D eigenvalue weighted by atomic mass is 9.65. The van der Waals surface area contributed by atoms with Crippen LogP contribution in [-0.2, 0) is 11.2 Å². The first-order valence-electron chi connectivity index (χ1n) is 8.81. The normalized spacial score (nSPS) is 28.7. The van der Waals surface area contributed by atoms with Gasteiger partial charge in [-0.1, -0.05) is 39.8 Å². The first-order chi connectivity index (χ1) is 10.8. The summed E-state index contributed by atoms with van der Waals surface area (Å²) < 4.78 is 5.76. The molecule has 1 aromatic rings. The molecule has 23 heavy (non-hydrogen) atoms. The van der Waals surface area contributed by atoms with Crippen LogP contribution in [0.4, 0.5) is 0 Å². The Kier molecular flexibility index (Phi) is 4.16. The minimum absolute atomic E-state index is 0.137. The number of fused-ring (bicyclic) bond motifs is 2. The number of likely N-dealkylation sites (tertiary alicyclic amines) is 1. The fraction of sp³-hybridized carbons (Fsp3) is 0.650. The van der Waals surface area contributed by atoms with Gasteiger partial charge in [0, 0.05) is 12.6 Å². The number of ether oxygens (including phenoxy) is 1. The Morgan fingerprint density at radius 1 is 1.30 bits per heavy atom. The topological polar surface area (TPSA) is 29.5 Å². The average Bonchev–Trinajstić information content (AvgIpc) is 2.74. The molecule has 2 bridgehead atoms. The van der Waals surface area contributed by atoms with E-state index in [1.807, 2.05) is 18.2 Å². The van der Waals surface area contributed by atoms with E-state index >= 15 is 0 Å². The molecule has 0 radical (unpaired) electrons. The third kappa shape index (κ3) is 3.54. The van der Waals surface area contributed by atoms with Crippen molar-refractivity contribution in [1.29, 1.82) is 0 Å². The molecule has 0 spiro atoms. The van der Waals surface area contributed by atoms with Gasteiger partial charge in [0.15, 0.2) is 6.61 Å². The van der Waals surface area contributed by atoms with Crippen LogP contribution in [0.15, 0.2) is 24.3 Å². The second-order valence-electron chi connectivity index (χ2n) is 8.52. The largest absolute Gasteiger partial charge is 0.484 e. The predicted molar refractivity (Wildman–Crippen MR) is 92.6 cm³/mol. The molecule has 2 aliphatic rings. The Bertz CT molecular complexity index is 595. The van der Waals surface area contributed by atoms with Gasteiger partial charge in [0.1, 0.15) is 5.75 Å². The number of hydrogen-bond donors (Lipinski definition) is 0. The zero-order chi connectivity index (χ0) is 16.7. The molecule has 0 aromatic heterocycles. The molecule has 2 atom stereocenters. The van der Waals surface area contributed by atoms with Gasteiger partial charge >= 0.3 is 0 Å². The number of nitrogens with zero attached hydrogens (tertiary/aromatic N) is 1. The molecule has 2 fully saturated rings. The van der Waals surface area contributed by atoms with Crippen LogP contribution in [0.2, 0.25) is 0 Å². The Morgan fingerprint density at radius 2 is 2.09 bits per heavy atom. The molecule has 1 saturated carbocycles. The first-order valence-corrected chi connectivity index (χ1v) is 8.81. The van der Waals surface area contributed by atoms with Crippen LogP contribution >= 0.6 is 0 Å². The highest BCUT2D eigenvalue weighted by atomic mass is 16.5. The van der Waals surface area contributed by atoms with Crippen LogP contribution in [0.1, 0.15) is 52.5 Å². The maximum absolute atomic E-state index is 12.7. The molecule has 126 valence electrons. The Morgan fingerprint density at radius 3 is 2.83 bits per heavy atom. The Balaban J connectivity index is 1.63. The highest BCUT2D eigenvalue weighted by molar-refractivity contribution is 5.78. The minimum atomic E-state index is 0.137. The molecule has 3 heteroatoms. The fourth-order valence-corrected chi connectivity index (χ4v) is 4.83. The van der Waals surface area contributed by atoms with Crippen LogP contribution in [0.5, 0.6) is 5.75 Å². The summed E-state index contributed by atoms with van der Waals surface area (Å²) in [4.78, 5) is 14.8. The van der Waals surface area contributed by atoms with Crippen molar-refractivity contribution < 1.29 is 9.53 Å².